The van der Waals surface area contributed by atoms with Crippen molar-refractivity contribution in [2.45, 2.75) is 98.5 Å². The van der Waals surface area contributed by atoms with Crippen molar-refractivity contribution in [3.63, 3.8) is 0 Å². The number of aliphatic hydroxyl groups excluding tert-OH is 1. The Morgan fingerprint density at radius 1 is 1.17 bits per heavy atom. The number of hydrogen-bond acceptors (Lipinski definition) is 3. The zero-order chi connectivity index (χ0) is 21.8. The molecule has 168 valence electrons. The smallest absolute Gasteiger partial charge is 0.314 e. The zero-order valence-corrected chi connectivity index (χ0v) is 19.8. The van der Waals surface area contributed by atoms with E-state index in [-0.39, 0.29) is 28.8 Å². The van der Waals surface area contributed by atoms with Crippen LogP contribution in [0.3, 0.4) is 0 Å². The number of fused-ring (bicyclic) bond motifs is 4. The van der Waals surface area contributed by atoms with Gasteiger partial charge in [0.2, 0.25) is 0 Å². The third kappa shape index (κ3) is 3.40. The fraction of sp³-hybridized carbons (Fsp3) is 0.815. The molecule has 0 radical (unpaired) electrons. The first kappa shape index (κ1) is 22.1. The van der Waals surface area contributed by atoms with Crippen LogP contribution in [0.5, 0.6) is 0 Å². The monoisotopic (exact) mass is 414 g/mol. The number of ether oxygens (including phenoxy) is 1. The summed E-state index contributed by atoms with van der Waals surface area (Å²) in [4.78, 5) is 13.0. The number of esters is 1. The summed E-state index contributed by atoms with van der Waals surface area (Å²) in [5.41, 5.74) is 2.95. The maximum Gasteiger partial charge on any atom is 0.314 e. The van der Waals surface area contributed by atoms with Gasteiger partial charge >= 0.3 is 5.97 Å². The molecule has 3 heteroatoms. The predicted octanol–water partition coefficient (Wildman–Crippen LogP) is 6.42. The number of rotatable bonds is 5. The molecule has 0 amide bonds. The van der Waals surface area contributed by atoms with Gasteiger partial charge in [0.25, 0.3) is 0 Å². The molecule has 4 aliphatic rings. The van der Waals surface area contributed by atoms with E-state index >= 15 is 0 Å². The maximum atomic E-state index is 13.0. The Labute approximate surface area is 183 Å². The second-order valence-corrected chi connectivity index (χ2v) is 11.7. The van der Waals surface area contributed by atoms with Gasteiger partial charge in [-0.2, -0.15) is 0 Å². The lowest BCUT2D eigenvalue weighted by molar-refractivity contribution is -0.170. The lowest BCUT2D eigenvalue weighted by atomic mass is 9.53. The Bertz CT molecular complexity index is 749. The molecule has 3 fully saturated rings. The van der Waals surface area contributed by atoms with E-state index in [1.54, 1.807) is 0 Å². The summed E-state index contributed by atoms with van der Waals surface area (Å²) >= 11 is 0. The van der Waals surface area contributed by atoms with E-state index < -0.39 is 0 Å². The fourth-order valence-electron chi connectivity index (χ4n) is 7.50. The Hall–Kier alpha value is -1.09. The zero-order valence-electron chi connectivity index (χ0n) is 19.8. The molecule has 3 nitrogen and oxygen atoms in total. The van der Waals surface area contributed by atoms with Gasteiger partial charge in [-0.15, -0.1) is 0 Å². The van der Waals surface area contributed by atoms with Crippen molar-refractivity contribution in [2.75, 3.05) is 0 Å². The first-order valence-corrected chi connectivity index (χ1v) is 12.4. The molecular formula is C27H42O3. The summed E-state index contributed by atoms with van der Waals surface area (Å²) in [5.74, 6) is 3.07. The molecule has 3 aliphatic carbocycles. The Morgan fingerprint density at radius 3 is 2.60 bits per heavy atom. The molecule has 1 saturated heterocycles. The number of carbonyl (C=O) groups is 1. The average Bonchev–Trinajstić information content (AvgIpc) is 3.04. The summed E-state index contributed by atoms with van der Waals surface area (Å²) in [6.07, 6.45) is 8.93. The first-order valence-electron chi connectivity index (χ1n) is 12.4. The van der Waals surface area contributed by atoms with Gasteiger partial charge in [0.15, 0.2) is 0 Å². The van der Waals surface area contributed by atoms with Gasteiger partial charge in [0, 0.05) is 5.92 Å². The van der Waals surface area contributed by atoms with E-state index in [4.69, 9.17) is 4.74 Å². The molecule has 7 unspecified atom stereocenters. The van der Waals surface area contributed by atoms with E-state index in [0.29, 0.717) is 30.1 Å². The maximum absolute atomic E-state index is 13.0. The minimum absolute atomic E-state index is 0.0447. The highest BCUT2D eigenvalue weighted by atomic mass is 16.5. The minimum Gasteiger partial charge on any atom is -0.431 e. The van der Waals surface area contributed by atoms with Gasteiger partial charge in [-0.3, -0.25) is 4.79 Å². The number of carbonyl (C=O) groups excluding carboxylic acids is 1. The van der Waals surface area contributed by atoms with Crippen molar-refractivity contribution in [3.05, 3.63) is 23.5 Å². The van der Waals surface area contributed by atoms with E-state index in [0.717, 1.165) is 37.9 Å². The normalized spacial score (nSPS) is 41.8. The van der Waals surface area contributed by atoms with Crippen molar-refractivity contribution in [1.29, 1.82) is 0 Å². The van der Waals surface area contributed by atoms with Gasteiger partial charge in [0.05, 0.1) is 12.0 Å². The van der Waals surface area contributed by atoms with E-state index in [9.17, 15) is 9.90 Å². The van der Waals surface area contributed by atoms with Crippen molar-refractivity contribution < 1.29 is 14.6 Å². The third-order valence-corrected chi connectivity index (χ3v) is 9.81. The third-order valence-electron chi connectivity index (χ3n) is 9.81. The molecule has 0 bridgehead atoms. The van der Waals surface area contributed by atoms with Crippen molar-refractivity contribution in [2.24, 2.45) is 40.4 Å². The van der Waals surface area contributed by atoms with Crippen LogP contribution in [0.25, 0.3) is 0 Å². The van der Waals surface area contributed by atoms with E-state index in [1.165, 1.54) is 30.4 Å². The van der Waals surface area contributed by atoms with Gasteiger partial charge in [-0.25, -0.2) is 0 Å². The van der Waals surface area contributed by atoms with Gasteiger partial charge in [0.1, 0.15) is 5.76 Å². The molecule has 2 saturated carbocycles. The van der Waals surface area contributed by atoms with Crippen molar-refractivity contribution in [1.82, 2.24) is 0 Å². The highest BCUT2D eigenvalue weighted by Gasteiger charge is 2.59. The molecule has 30 heavy (non-hydrogen) atoms. The Balaban J connectivity index is 1.58. The molecule has 0 aromatic carbocycles. The number of allylic oxidation sites excluding steroid dienone is 3. The molecule has 0 aromatic rings. The van der Waals surface area contributed by atoms with Crippen LogP contribution in [0.1, 0.15) is 92.4 Å². The van der Waals surface area contributed by atoms with Crippen molar-refractivity contribution >= 4 is 5.97 Å². The number of hydrogen-bond donors (Lipinski definition) is 1. The van der Waals surface area contributed by atoms with Gasteiger partial charge in [-0.05, 0) is 91.9 Å². The second kappa shape index (κ2) is 7.80. The topological polar surface area (TPSA) is 46.5 Å². The lowest BCUT2D eigenvalue weighted by Crippen LogP contribution is -2.52. The second-order valence-electron chi connectivity index (χ2n) is 11.7. The quantitative estimate of drug-likeness (QED) is 0.417. The Morgan fingerprint density at radius 2 is 1.90 bits per heavy atom. The summed E-state index contributed by atoms with van der Waals surface area (Å²) in [6.45, 7) is 15.9. The number of aliphatic hydroxyl groups is 1. The Kier molecular flexibility index (Phi) is 5.75. The largest absolute Gasteiger partial charge is 0.431 e. The summed E-state index contributed by atoms with van der Waals surface area (Å²) in [6, 6.07) is 0. The summed E-state index contributed by atoms with van der Waals surface area (Å²) < 4.78 is 6.13. The molecule has 0 aromatic heterocycles. The lowest BCUT2D eigenvalue weighted by Gasteiger charge is -2.54. The van der Waals surface area contributed by atoms with Gasteiger partial charge in [-0.1, -0.05) is 46.8 Å². The van der Waals surface area contributed by atoms with Crippen LogP contribution in [0.4, 0.5) is 0 Å². The minimum atomic E-state index is -0.351. The van der Waals surface area contributed by atoms with Crippen LogP contribution in [0.2, 0.25) is 0 Å². The predicted molar refractivity (Wildman–Crippen MR) is 121 cm³/mol. The standard InChI is InChI=1S/C27H42O3/c1-16(2)17(3)7-8-18(4)20-9-10-21-24-22(12-14-26(20,21)5)27(6)13-11-19(28)15-23(27)25(29)30-24/h16,18-20,22-23,28H,3,7-15H2,1-2,4-6H3. The molecule has 0 spiro atoms. The van der Waals surface area contributed by atoms with Crippen LogP contribution in [-0.4, -0.2) is 17.2 Å². The van der Waals surface area contributed by atoms with E-state index in [2.05, 4.69) is 41.2 Å². The molecule has 1 heterocycles. The van der Waals surface area contributed by atoms with Crippen LogP contribution in [0, 0.1) is 40.4 Å². The molecule has 1 N–H and O–H groups in total. The van der Waals surface area contributed by atoms with Crippen LogP contribution in [0.15, 0.2) is 23.5 Å². The highest BCUT2D eigenvalue weighted by molar-refractivity contribution is 5.76. The van der Waals surface area contributed by atoms with E-state index in [1.807, 2.05) is 0 Å². The summed E-state index contributed by atoms with van der Waals surface area (Å²) in [5, 5.41) is 10.2. The fourth-order valence-corrected chi connectivity index (χ4v) is 7.50. The molecular weight excluding hydrogens is 372 g/mol. The molecule has 4 rings (SSSR count). The van der Waals surface area contributed by atoms with Gasteiger partial charge < -0.3 is 9.84 Å². The summed E-state index contributed by atoms with van der Waals surface area (Å²) in [7, 11) is 0. The van der Waals surface area contributed by atoms with Crippen LogP contribution < -0.4 is 0 Å². The first-order chi connectivity index (χ1) is 14.1. The average molecular weight is 415 g/mol. The van der Waals surface area contributed by atoms with Crippen LogP contribution >= 0.6 is 0 Å². The SMILES string of the molecule is C=C(CCC(C)C1CCC2=C3OC(=O)C4CC(O)CCC4(C)C3CCC21C)C(C)C. The van der Waals surface area contributed by atoms with Crippen molar-refractivity contribution in [3.8, 4) is 0 Å². The van der Waals surface area contributed by atoms with Crippen LogP contribution in [-0.2, 0) is 9.53 Å². The highest BCUT2D eigenvalue weighted by Crippen LogP contribution is 2.64. The molecule has 1 aliphatic heterocycles. The molecule has 7 atom stereocenters.